The lowest BCUT2D eigenvalue weighted by Crippen LogP contribution is -2.26. The van der Waals surface area contributed by atoms with Gasteiger partial charge in [-0.15, -0.1) is 11.3 Å². The molecule has 0 bridgehead atoms. The number of hydrogen-bond donors (Lipinski definition) is 1. The number of thiazole rings is 1. The number of benzene rings is 1. The van der Waals surface area contributed by atoms with Crippen molar-refractivity contribution in [3.63, 3.8) is 0 Å². The van der Waals surface area contributed by atoms with Crippen molar-refractivity contribution >= 4 is 32.2 Å². The first-order valence-electron chi connectivity index (χ1n) is 12.7. The summed E-state index contributed by atoms with van der Waals surface area (Å²) in [5.74, 6) is 0.465. The maximum absolute atomic E-state index is 12.9. The summed E-state index contributed by atoms with van der Waals surface area (Å²) in [7, 11) is -3.31. The van der Waals surface area contributed by atoms with Crippen molar-refractivity contribution in [3.8, 4) is 0 Å². The van der Waals surface area contributed by atoms with Crippen molar-refractivity contribution in [2.45, 2.75) is 76.4 Å². The average Bonchev–Trinajstić information content (AvgIpc) is 3.29. The highest BCUT2D eigenvalue weighted by Crippen LogP contribution is 2.43. The third-order valence-corrected chi connectivity index (χ3v) is 9.37. The molecule has 1 N–H and O–H groups in total. The average molecular weight is 540 g/mol. The van der Waals surface area contributed by atoms with Crippen molar-refractivity contribution in [2.24, 2.45) is 5.92 Å². The van der Waals surface area contributed by atoms with E-state index in [0.717, 1.165) is 54.0 Å². The van der Waals surface area contributed by atoms with Crippen LogP contribution in [0.2, 0.25) is 0 Å². The van der Waals surface area contributed by atoms with Crippen LogP contribution in [0.4, 0.5) is 5.13 Å². The van der Waals surface area contributed by atoms with E-state index in [1.807, 2.05) is 25.1 Å². The molecule has 3 heterocycles. The lowest BCUT2D eigenvalue weighted by molar-refractivity contribution is -0.115. The molecule has 0 unspecified atom stereocenters. The number of aryl methyl sites for hydroxylation is 1. The molecule has 1 atom stereocenters. The number of hydrogen-bond acceptors (Lipinski definition) is 8. The van der Waals surface area contributed by atoms with Gasteiger partial charge < -0.3 is 5.32 Å². The van der Waals surface area contributed by atoms with E-state index in [9.17, 15) is 13.2 Å². The van der Waals surface area contributed by atoms with E-state index < -0.39 is 9.84 Å². The molecule has 1 aromatic carbocycles. The lowest BCUT2D eigenvalue weighted by Gasteiger charge is -2.28. The number of sulfone groups is 1. The Morgan fingerprint density at radius 1 is 1.19 bits per heavy atom. The highest BCUT2D eigenvalue weighted by molar-refractivity contribution is 7.90. The van der Waals surface area contributed by atoms with Crippen LogP contribution in [0.15, 0.2) is 35.2 Å². The highest BCUT2D eigenvalue weighted by Gasteiger charge is 2.36. The number of carbonyl (C=O) groups is 1. The fraction of sp³-hybridized carbons (Fsp3) is 0.481. The van der Waals surface area contributed by atoms with E-state index in [1.54, 1.807) is 12.1 Å². The lowest BCUT2D eigenvalue weighted by atomic mass is 9.79. The van der Waals surface area contributed by atoms with Gasteiger partial charge >= 0.3 is 0 Å². The van der Waals surface area contributed by atoms with Crippen LogP contribution in [-0.2, 0) is 34.1 Å². The number of aromatic nitrogens is 3. The van der Waals surface area contributed by atoms with Crippen LogP contribution in [-0.4, -0.2) is 40.7 Å². The van der Waals surface area contributed by atoms with Gasteiger partial charge in [0.15, 0.2) is 15.0 Å². The largest absolute Gasteiger partial charge is 0.302 e. The second kappa shape index (κ2) is 10.2. The molecule has 10 heteroatoms. The van der Waals surface area contributed by atoms with E-state index in [4.69, 9.17) is 4.98 Å². The van der Waals surface area contributed by atoms with Gasteiger partial charge in [-0.1, -0.05) is 32.4 Å². The van der Waals surface area contributed by atoms with Crippen molar-refractivity contribution in [1.82, 2.24) is 20.1 Å². The molecule has 1 amide bonds. The summed E-state index contributed by atoms with van der Waals surface area (Å²) in [5.41, 5.74) is 4.53. The first-order valence-corrected chi connectivity index (χ1v) is 15.4. The maximum Gasteiger partial charge on any atom is 0.230 e. The first kappa shape index (κ1) is 25.9. The highest BCUT2D eigenvalue weighted by atomic mass is 32.2. The third kappa shape index (κ3) is 5.61. The van der Waals surface area contributed by atoms with Gasteiger partial charge in [0.25, 0.3) is 0 Å². The summed E-state index contributed by atoms with van der Waals surface area (Å²) in [4.78, 5) is 21.7. The molecule has 2 aromatic heterocycles. The Morgan fingerprint density at radius 2 is 1.97 bits per heavy atom. The normalized spacial score (nSPS) is 18.1. The van der Waals surface area contributed by atoms with Crippen molar-refractivity contribution < 1.29 is 13.2 Å². The molecular weight excluding hydrogens is 506 g/mol. The van der Waals surface area contributed by atoms with Gasteiger partial charge in [-0.3, -0.25) is 9.69 Å². The fourth-order valence-electron chi connectivity index (χ4n) is 5.26. The molecule has 8 nitrogen and oxygen atoms in total. The molecule has 0 saturated heterocycles. The quantitative estimate of drug-likeness (QED) is 0.438. The van der Waals surface area contributed by atoms with Gasteiger partial charge in [0.1, 0.15) is 0 Å². The van der Waals surface area contributed by atoms with E-state index in [-0.39, 0.29) is 24.3 Å². The minimum atomic E-state index is -3.31. The smallest absolute Gasteiger partial charge is 0.230 e. The molecule has 3 aromatic rings. The van der Waals surface area contributed by atoms with Gasteiger partial charge in [0.2, 0.25) is 5.91 Å². The summed E-state index contributed by atoms with van der Waals surface area (Å²) >= 11 is 1.53. The summed E-state index contributed by atoms with van der Waals surface area (Å²) in [5, 5.41) is 12.1. The molecule has 1 fully saturated rings. The Bertz CT molecular complexity index is 1410. The molecule has 1 aliphatic carbocycles. The Morgan fingerprint density at radius 3 is 2.59 bits per heavy atom. The number of nitrogens with one attached hydrogen (secondary N) is 1. The van der Waals surface area contributed by atoms with E-state index >= 15 is 0 Å². The zero-order valence-electron chi connectivity index (χ0n) is 21.7. The molecule has 0 spiro atoms. The van der Waals surface area contributed by atoms with Gasteiger partial charge in [-0.2, -0.15) is 10.2 Å². The van der Waals surface area contributed by atoms with Crippen LogP contribution in [0.1, 0.15) is 78.2 Å². The zero-order valence-corrected chi connectivity index (χ0v) is 23.3. The van der Waals surface area contributed by atoms with Gasteiger partial charge in [0.05, 0.1) is 34.4 Å². The summed E-state index contributed by atoms with van der Waals surface area (Å²) in [6, 6.07) is 9.46. The summed E-state index contributed by atoms with van der Waals surface area (Å²) in [6.45, 7) is 7.77. The standard InChI is InChI=1S/C27H33N5O3S2/c1-16(2)26-25-22(15-32(26)14-20-10-8-17(3)30-31-20)36-27(29-25)28-24(33)13-18-9-11-23(37(4,34)35)21(12-18)19-6-5-7-19/h8-12,16,19,26H,5-7,13-15H2,1-4H3,(H,28,29,33)/t26-/m0/s1. The SMILES string of the molecule is Cc1ccc(CN2Cc3sc(NC(=O)Cc4ccc(S(C)(=O)=O)c(C5CCC5)c4)nc3[C@@H]2C(C)C)nn1. The molecule has 1 saturated carbocycles. The summed E-state index contributed by atoms with van der Waals surface area (Å²) in [6.07, 6.45) is 4.53. The van der Waals surface area contributed by atoms with Crippen molar-refractivity contribution in [3.05, 3.63) is 63.4 Å². The Labute approximate surface area is 222 Å². The number of carbonyl (C=O) groups excluding carboxylic acids is 1. The Balaban J connectivity index is 1.28. The van der Waals surface area contributed by atoms with Gasteiger partial charge in [0, 0.05) is 24.2 Å². The fourth-order valence-corrected chi connectivity index (χ4v) is 7.27. The van der Waals surface area contributed by atoms with E-state index in [0.29, 0.717) is 22.5 Å². The van der Waals surface area contributed by atoms with Crippen LogP contribution in [0.25, 0.3) is 0 Å². The van der Waals surface area contributed by atoms with Gasteiger partial charge in [-0.25, -0.2) is 13.4 Å². The maximum atomic E-state index is 12.9. The number of rotatable bonds is 8. The minimum Gasteiger partial charge on any atom is -0.302 e. The first-order chi connectivity index (χ1) is 17.6. The molecule has 1 aliphatic heterocycles. The number of fused-ring (bicyclic) bond motifs is 1. The molecule has 5 rings (SSSR count). The molecule has 196 valence electrons. The number of nitrogens with zero attached hydrogens (tertiary/aromatic N) is 4. The zero-order chi connectivity index (χ0) is 26.3. The predicted molar refractivity (Wildman–Crippen MR) is 144 cm³/mol. The molecule has 0 radical (unpaired) electrons. The summed E-state index contributed by atoms with van der Waals surface area (Å²) < 4.78 is 24.5. The van der Waals surface area contributed by atoms with Crippen LogP contribution in [0.5, 0.6) is 0 Å². The third-order valence-electron chi connectivity index (χ3n) is 7.23. The van der Waals surface area contributed by atoms with Crippen LogP contribution in [0, 0.1) is 12.8 Å². The van der Waals surface area contributed by atoms with Crippen LogP contribution < -0.4 is 5.32 Å². The number of anilines is 1. The van der Waals surface area contributed by atoms with Crippen molar-refractivity contribution in [2.75, 3.05) is 11.6 Å². The molecule has 2 aliphatic rings. The second-order valence-electron chi connectivity index (χ2n) is 10.6. The Kier molecular flexibility index (Phi) is 7.17. The van der Waals surface area contributed by atoms with E-state index in [1.165, 1.54) is 22.5 Å². The monoisotopic (exact) mass is 539 g/mol. The molecule has 37 heavy (non-hydrogen) atoms. The predicted octanol–water partition coefficient (Wildman–Crippen LogP) is 4.81. The minimum absolute atomic E-state index is 0.146. The van der Waals surface area contributed by atoms with Crippen LogP contribution >= 0.6 is 11.3 Å². The Hall–Kier alpha value is -2.69. The van der Waals surface area contributed by atoms with E-state index in [2.05, 4.69) is 34.3 Å². The number of amides is 1. The van der Waals surface area contributed by atoms with Gasteiger partial charge in [-0.05, 0) is 60.9 Å². The van der Waals surface area contributed by atoms with Crippen LogP contribution in [0.3, 0.4) is 0 Å². The second-order valence-corrected chi connectivity index (χ2v) is 13.7. The topological polar surface area (TPSA) is 105 Å². The molecular formula is C27H33N5O3S2. The van der Waals surface area contributed by atoms with Crippen molar-refractivity contribution in [1.29, 1.82) is 0 Å².